The van der Waals surface area contributed by atoms with Crippen LogP contribution in [-0.2, 0) is 14.3 Å². The van der Waals surface area contributed by atoms with E-state index in [4.69, 9.17) is 4.74 Å². The van der Waals surface area contributed by atoms with Crippen LogP contribution in [0, 0.1) is 13.8 Å². The highest BCUT2D eigenvalue weighted by Crippen LogP contribution is 2.34. The topological polar surface area (TPSA) is 87.7 Å². The summed E-state index contributed by atoms with van der Waals surface area (Å²) in [5.74, 6) is -0.0116. The monoisotopic (exact) mass is 605 g/mol. The number of amides is 3. The molecule has 0 aliphatic heterocycles. The molecular weight excluding hydrogens is 558 g/mol. The number of anilines is 1. The molecule has 3 aromatic rings. The molecule has 0 aromatic heterocycles. The van der Waals surface area contributed by atoms with E-state index in [0.29, 0.717) is 29.8 Å². The van der Waals surface area contributed by atoms with Crippen molar-refractivity contribution in [3.63, 3.8) is 0 Å². The molecule has 7 nitrogen and oxygen atoms in total. The van der Waals surface area contributed by atoms with Crippen LogP contribution in [0.5, 0.6) is 0 Å². The Morgan fingerprint density at radius 2 is 1.58 bits per heavy atom. The highest BCUT2D eigenvalue weighted by molar-refractivity contribution is 7.98. The van der Waals surface area contributed by atoms with Gasteiger partial charge in [-0.05, 0) is 113 Å². The summed E-state index contributed by atoms with van der Waals surface area (Å²) in [5.41, 5.74) is 2.01. The van der Waals surface area contributed by atoms with E-state index in [1.165, 1.54) is 0 Å². The van der Waals surface area contributed by atoms with Gasteiger partial charge in [0, 0.05) is 11.2 Å². The third-order valence-electron chi connectivity index (χ3n) is 7.72. The largest absolute Gasteiger partial charge is 0.444 e. The SMILES string of the molecule is CCC(C)(C)N(C(=O)C(CCSC)NC(=O)OC(C)(C)C)C(C(=O)Nc1ccc2ccccc2c1)c1ccc(C)c(C)c1. The minimum atomic E-state index is -0.953. The molecule has 3 amide bonds. The van der Waals surface area contributed by atoms with Crippen LogP contribution in [0.3, 0.4) is 0 Å². The van der Waals surface area contributed by atoms with Crippen LogP contribution in [0.15, 0.2) is 60.7 Å². The Balaban J connectivity index is 2.12. The number of alkyl carbamates (subject to hydrolysis) is 1. The lowest BCUT2D eigenvalue weighted by Gasteiger charge is -2.44. The molecule has 232 valence electrons. The van der Waals surface area contributed by atoms with Crippen molar-refractivity contribution in [1.82, 2.24) is 10.2 Å². The van der Waals surface area contributed by atoms with Crippen molar-refractivity contribution in [2.75, 3.05) is 17.3 Å². The van der Waals surface area contributed by atoms with Gasteiger partial charge in [-0.25, -0.2) is 4.79 Å². The van der Waals surface area contributed by atoms with E-state index < -0.39 is 29.3 Å². The van der Waals surface area contributed by atoms with Crippen LogP contribution >= 0.6 is 11.8 Å². The second-order valence-electron chi connectivity index (χ2n) is 12.7. The molecule has 3 rings (SSSR count). The van der Waals surface area contributed by atoms with Gasteiger partial charge in [0.1, 0.15) is 17.7 Å². The van der Waals surface area contributed by atoms with Crippen LogP contribution in [0.4, 0.5) is 10.5 Å². The maximum atomic E-state index is 14.6. The van der Waals surface area contributed by atoms with E-state index in [0.717, 1.165) is 21.9 Å². The molecule has 0 aliphatic rings. The Morgan fingerprint density at radius 1 is 0.907 bits per heavy atom. The van der Waals surface area contributed by atoms with E-state index in [1.807, 2.05) is 102 Å². The third-order valence-corrected chi connectivity index (χ3v) is 8.37. The maximum absolute atomic E-state index is 14.6. The van der Waals surface area contributed by atoms with Gasteiger partial charge in [-0.15, -0.1) is 0 Å². The number of hydrogen-bond donors (Lipinski definition) is 2. The number of nitrogens with one attached hydrogen (secondary N) is 2. The molecular formula is C35H47N3O4S. The van der Waals surface area contributed by atoms with Crippen LogP contribution in [-0.4, -0.2) is 52.0 Å². The molecule has 0 aliphatic carbocycles. The van der Waals surface area contributed by atoms with Crippen LogP contribution in [0.2, 0.25) is 0 Å². The van der Waals surface area contributed by atoms with Gasteiger partial charge in [0.25, 0.3) is 5.91 Å². The van der Waals surface area contributed by atoms with Crippen molar-refractivity contribution in [3.8, 4) is 0 Å². The number of thioether (sulfide) groups is 1. The molecule has 0 radical (unpaired) electrons. The highest BCUT2D eigenvalue weighted by Gasteiger charge is 2.43. The summed E-state index contributed by atoms with van der Waals surface area (Å²) in [7, 11) is 0. The first-order valence-corrected chi connectivity index (χ1v) is 16.2. The molecule has 8 heteroatoms. The average molecular weight is 606 g/mol. The predicted molar refractivity (Wildman–Crippen MR) is 179 cm³/mol. The second-order valence-corrected chi connectivity index (χ2v) is 13.6. The van der Waals surface area contributed by atoms with Crippen molar-refractivity contribution in [2.45, 2.75) is 91.5 Å². The number of rotatable bonds is 11. The number of aryl methyl sites for hydroxylation is 2. The molecule has 0 fully saturated rings. The summed E-state index contributed by atoms with van der Waals surface area (Å²) in [6.07, 6.45) is 2.27. The van der Waals surface area contributed by atoms with Gasteiger partial charge in [0.2, 0.25) is 5.91 Å². The fourth-order valence-electron chi connectivity index (χ4n) is 4.89. The van der Waals surface area contributed by atoms with Crippen LogP contribution in [0.25, 0.3) is 10.8 Å². The lowest BCUT2D eigenvalue weighted by atomic mass is 9.90. The van der Waals surface area contributed by atoms with Crippen molar-refractivity contribution in [3.05, 3.63) is 77.4 Å². The first kappa shape index (κ1) is 34.0. The normalized spacial score (nSPS) is 13.2. The van der Waals surface area contributed by atoms with E-state index in [2.05, 4.69) is 10.6 Å². The standard InChI is InChI=1S/C35H47N3O4S/c1-10-35(7,8)38(32(40)29(19-20-43-9)37-33(41)42-34(4,5)6)30(27-16-15-23(2)24(3)21-27)31(39)36-28-18-17-25-13-11-12-14-26(25)22-28/h11-18,21-22,29-30H,10,19-20H2,1-9H3,(H,36,39)(H,37,41). The average Bonchev–Trinajstić information content (AvgIpc) is 2.93. The first-order chi connectivity index (χ1) is 20.2. The fourth-order valence-corrected chi connectivity index (χ4v) is 5.36. The zero-order valence-electron chi connectivity index (χ0n) is 27.0. The lowest BCUT2D eigenvalue weighted by molar-refractivity contribution is -0.147. The number of benzene rings is 3. The molecule has 0 spiro atoms. The smallest absolute Gasteiger partial charge is 0.408 e. The van der Waals surface area contributed by atoms with Gasteiger partial charge in [0.15, 0.2) is 0 Å². The Labute approximate surface area is 261 Å². The van der Waals surface area contributed by atoms with E-state index in [9.17, 15) is 14.4 Å². The quantitative estimate of drug-likeness (QED) is 0.233. The van der Waals surface area contributed by atoms with Gasteiger partial charge in [-0.2, -0.15) is 11.8 Å². The summed E-state index contributed by atoms with van der Waals surface area (Å²) in [6, 6.07) is 17.8. The predicted octanol–water partition coefficient (Wildman–Crippen LogP) is 7.80. The van der Waals surface area contributed by atoms with Crippen LogP contribution < -0.4 is 10.6 Å². The van der Waals surface area contributed by atoms with E-state index >= 15 is 0 Å². The van der Waals surface area contributed by atoms with E-state index in [-0.39, 0.29) is 11.8 Å². The molecule has 0 saturated carbocycles. The van der Waals surface area contributed by atoms with Crippen molar-refractivity contribution >= 4 is 46.1 Å². The molecule has 0 bridgehead atoms. The molecule has 43 heavy (non-hydrogen) atoms. The summed E-state index contributed by atoms with van der Waals surface area (Å²) in [4.78, 5) is 43.6. The summed E-state index contributed by atoms with van der Waals surface area (Å²) in [6.45, 7) is 15.3. The number of fused-ring (bicyclic) bond motifs is 1. The van der Waals surface area contributed by atoms with Gasteiger partial charge < -0.3 is 20.3 Å². The first-order valence-electron chi connectivity index (χ1n) is 14.8. The Bertz CT molecular complexity index is 1450. The van der Waals surface area contributed by atoms with Crippen LogP contribution in [0.1, 0.15) is 77.1 Å². The third kappa shape index (κ3) is 8.99. The van der Waals surface area contributed by atoms with Gasteiger partial charge >= 0.3 is 6.09 Å². The molecule has 3 aromatic carbocycles. The highest BCUT2D eigenvalue weighted by atomic mass is 32.2. The summed E-state index contributed by atoms with van der Waals surface area (Å²) >= 11 is 1.59. The second kappa shape index (κ2) is 14.3. The van der Waals surface area contributed by atoms with Gasteiger partial charge in [-0.3, -0.25) is 9.59 Å². The van der Waals surface area contributed by atoms with Gasteiger partial charge in [0.05, 0.1) is 0 Å². The van der Waals surface area contributed by atoms with Gasteiger partial charge in [-0.1, -0.05) is 55.5 Å². The van der Waals surface area contributed by atoms with E-state index in [1.54, 1.807) is 37.4 Å². The lowest BCUT2D eigenvalue weighted by Crippen LogP contribution is -2.59. The molecule has 0 saturated heterocycles. The number of carbonyl (C=O) groups is 3. The summed E-state index contributed by atoms with van der Waals surface area (Å²) in [5, 5.41) is 8.00. The number of nitrogens with zero attached hydrogens (tertiary/aromatic N) is 1. The van der Waals surface area contributed by atoms with Crippen molar-refractivity contribution in [1.29, 1.82) is 0 Å². The Hall–Kier alpha value is -3.52. The van der Waals surface area contributed by atoms with Crippen molar-refractivity contribution < 1.29 is 19.1 Å². The Kier molecular flexibility index (Phi) is 11.3. The number of hydrogen-bond acceptors (Lipinski definition) is 5. The molecule has 2 N–H and O–H groups in total. The molecule has 0 heterocycles. The number of ether oxygens (including phenoxy) is 1. The maximum Gasteiger partial charge on any atom is 0.408 e. The minimum Gasteiger partial charge on any atom is -0.444 e. The minimum absolute atomic E-state index is 0.325. The number of carbonyl (C=O) groups excluding carboxylic acids is 3. The van der Waals surface area contributed by atoms with Crippen molar-refractivity contribution in [2.24, 2.45) is 0 Å². The molecule has 2 unspecified atom stereocenters. The zero-order valence-corrected chi connectivity index (χ0v) is 27.9. The molecule has 2 atom stereocenters. The zero-order chi connectivity index (χ0) is 31.9. The fraction of sp³-hybridized carbons (Fsp3) is 0.457. The Morgan fingerprint density at radius 3 is 2.19 bits per heavy atom. The summed E-state index contributed by atoms with van der Waals surface area (Å²) < 4.78 is 5.52.